The summed E-state index contributed by atoms with van der Waals surface area (Å²) in [6, 6.07) is 9.00. The fourth-order valence-electron chi connectivity index (χ4n) is 7.07. The minimum Gasteiger partial charge on any atom is -0.464 e. The van der Waals surface area contributed by atoms with Crippen LogP contribution in [0.3, 0.4) is 0 Å². The van der Waals surface area contributed by atoms with Crippen molar-refractivity contribution in [3.05, 3.63) is 78.1 Å². The lowest BCUT2D eigenvalue weighted by molar-refractivity contribution is -0.147. The third kappa shape index (κ3) is 13.9. The zero-order valence-corrected chi connectivity index (χ0v) is 36.7. The third-order valence-corrected chi connectivity index (χ3v) is 12.3. The molecule has 15 nitrogen and oxygen atoms in total. The van der Waals surface area contributed by atoms with Gasteiger partial charge in [0.2, 0.25) is 0 Å². The van der Waals surface area contributed by atoms with Crippen LogP contribution in [0.4, 0.5) is 23.8 Å². The number of benzene rings is 2. The standard InChI is InChI=1S/C44H56F3N6O9P/c1-5-9-10-11-12-13-14-18-21-57-43(55)60-36-26-37(53-29-49-38-39(48)50-42(47)51-40(38)53)61-44(36,8-4)28-59-63(56,62-34-19-16-15-17-20-34)52-35(41(54)58-27-30(6-2)7-3)24-31-22-32(45)25-33(46)23-31/h4,15-17,19-20,22-23,25,29-30,35-37H,5-7,9-14,18,21,24,26-28H2,1-3H3,(H,52,56)(H2,48,50,51)/t35-,36-,37+,44+,63-/m0/s1. The van der Waals surface area contributed by atoms with Crippen molar-refractivity contribution < 1.29 is 55.3 Å². The number of ether oxygens (including phenoxy) is 4. The number of anilines is 1. The van der Waals surface area contributed by atoms with Gasteiger partial charge < -0.3 is 29.2 Å². The van der Waals surface area contributed by atoms with Gasteiger partial charge >= 0.3 is 25.9 Å². The van der Waals surface area contributed by atoms with Gasteiger partial charge in [0.25, 0.3) is 0 Å². The zero-order chi connectivity index (χ0) is 45.4. The van der Waals surface area contributed by atoms with Crippen LogP contribution in [-0.2, 0) is 39.3 Å². The fraction of sp³-hybridized carbons (Fsp3) is 0.523. The van der Waals surface area contributed by atoms with Crippen molar-refractivity contribution in [2.45, 2.75) is 122 Å². The molecular weight excluding hydrogens is 844 g/mol. The lowest BCUT2D eigenvalue weighted by Crippen LogP contribution is -2.46. The van der Waals surface area contributed by atoms with Crippen molar-refractivity contribution in [1.29, 1.82) is 0 Å². The molecule has 0 spiro atoms. The Balaban J connectivity index is 1.43. The summed E-state index contributed by atoms with van der Waals surface area (Å²) in [6.07, 6.45) is 11.7. The maximum Gasteiger partial charge on any atom is 0.508 e. The molecule has 1 fully saturated rings. The Labute approximate surface area is 365 Å². The molecule has 1 aliphatic heterocycles. The highest BCUT2D eigenvalue weighted by atomic mass is 31.2. The molecule has 0 amide bonds. The summed E-state index contributed by atoms with van der Waals surface area (Å²) in [5.74, 6) is -0.417. The Morgan fingerprint density at radius 2 is 1.68 bits per heavy atom. The molecule has 0 bridgehead atoms. The lowest BCUT2D eigenvalue weighted by atomic mass is 9.99. The van der Waals surface area contributed by atoms with Gasteiger partial charge in [-0.1, -0.05) is 103 Å². The number of nitrogens with zero attached hydrogens (tertiary/aromatic N) is 4. The average molecular weight is 901 g/mol. The molecule has 5 rings (SSSR count). The van der Waals surface area contributed by atoms with Gasteiger partial charge in [-0.2, -0.15) is 19.4 Å². The van der Waals surface area contributed by atoms with Crippen LogP contribution in [0, 0.1) is 36.0 Å². The first-order valence-corrected chi connectivity index (χ1v) is 22.9. The second-order valence-electron chi connectivity index (χ2n) is 15.4. The molecule has 0 radical (unpaired) electrons. The molecule has 2 aromatic carbocycles. The SMILES string of the molecule is C#C[C@]1(CO[P@@](=O)(N[C@@H](Cc2cc(F)cc(F)c2)C(=O)OCC(CC)CC)Oc2ccccc2)O[C@@H](n2cnc3c(N)nc(F)nc32)C[C@@H]1OC(=O)OCCCCCCCCCC. The maximum absolute atomic E-state index is 15.0. The number of terminal acetylenes is 1. The van der Waals surface area contributed by atoms with E-state index >= 15 is 4.57 Å². The van der Waals surface area contributed by atoms with Crippen molar-refractivity contribution in [3.8, 4) is 18.1 Å². The number of carbonyl (C=O) groups excluding carboxylic acids is 2. The van der Waals surface area contributed by atoms with Crippen LogP contribution in [0.25, 0.3) is 11.2 Å². The molecule has 5 atom stereocenters. The first kappa shape index (κ1) is 48.8. The summed E-state index contributed by atoms with van der Waals surface area (Å²) in [5, 5.41) is 2.63. The smallest absolute Gasteiger partial charge is 0.464 e. The number of aromatic nitrogens is 4. The molecule has 63 heavy (non-hydrogen) atoms. The number of para-hydroxylation sites is 1. The highest BCUT2D eigenvalue weighted by Crippen LogP contribution is 2.49. The molecule has 4 aromatic rings. The number of imidazole rings is 1. The Morgan fingerprint density at radius 3 is 2.35 bits per heavy atom. The van der Waals surface area contributed by atoms with Gasteiger partial charge in [-0.3, -0.25) is 13.9 Å². The van der Waals surface area contributed by atoms with E-state index in [2.05, 4.69) is 32.9 Å². The van der Waals surface area contributed by atoms with Gasteiger partial charge in [-0.05, 0) is 48.6 Å². The number of esters is 1. The first-order chi connectivity index (χ1) is 30.3. The van der Waals surface area contributed by atoms with Gasteiger partial charge in [0.05, 0.1) is 19.5 Å². The molecular formula is C44H56F3N6O9P. The second-order valence-corrected chi connectivity index (χ2v) is 17.1. The maximum atomic E-state index is 15.0. The number of nitrogens with one attached hydrogen (secondary N) is 1. The van der Waals surface area contributed by atoms with Gasteiger partial charge in [-0.25, -0.2) is 23.1 Å². The molecule has 342 valence electrons. The van der Waals surface area contributed by atoms with E-state index in [1.807, 2.05) is 13.8 Å². The second kappa shape index (κ2) is 23.5. The van der Waals surface area contributed by atoms with E-state index in [9.17, 15) is 22.8 Å². The molecule has 2 aromatic heterocycles. The minimum absolute atomic E-state index is 0.00347. The summed E-state index contributed by atoms with van der Waals surface area (Å²) in [5.41, 5.74) is 3.89. The van der Waals surface area contributed by atoms with E-state index < -0.39 is 74.6 Å². The summed E-state index contributed by atoms with van der Waals surface area (Å²) in [7, 11) is -4.80. The van der Waals surface area contributed by atoms with Crippen molar-refractivity contribution in [2.75, 3.05) is 25.6 Å². The van der Waals surface area contributed by atoms with Crippen molar-refractivity contribution in [2.24, 2.45) is 5.92 Å². The Kier molecular flexibility index (Phi) is 18.2. The number of nitrogens with two attached hydrogens (primary N) is 1. The molecule has 19 heteroatoms. The number of carbonyl (C=O) groups is 2. The molecule has 0 saturated carbocycles. The summed E-state index contributed by atoms with van der Waals surface area (Å²) in [4.78, 5) is 38.6. The fourth-order valence-corrected chi connectivity index (χ4v) is 8.58. The minimum atomic E-state index is -4.80. The van der Waals surface area contributed by atoms with E-state index in [0.29, 0.717) is 25.3 Å². The largest absolute Gasteiger partial charge is 0.508 e. The predicted molar refractivity (Wildman–Crippen MR) is 227 cm³/mol. The molecule has 3 N–H and O–H groups in total. The molecule has 0 unspecified atom stereocenters. The van der Waals surface area contributed by atoms with Gasteiger partial charge in [-0.15, -0.1) is 6.42 Å². The van der Waals surface area contributed by atoms with Crippen LogP contribution in [0.2, 0.25) is 0 Å². The number of unbranched alkanes of at least 4 members (excludes halogenated alkanes) is 7. The third-order valence-electron chi connectivity index (χ3n) is 10.7. The van der Waals surface area contributed by atoms with Crippen LogP contribution in [0.1, 0.15) is 103 Å². The van der Waals surface area contributed by atoms with Crippen LogP contribution < -0.4 is 15.3 Å². The topological polar surface area (TPSA) is 188 Å². The molecule has 1 saturated heterocycles. The molecule has 0 aliphatic carbocycles. The number of hydrogen-bond acceptors (Lipinski definition) is 13. The monoisotopic (exact) mass is 900 g/mol. The number of fused-ring (bicyclic) bond motifs is 1. The average Bonchev–Trinajstić information content (AvgIpc) is 3.84. The number of hydrogen-bond donors (Lipinski definition) is 2. The van der Waals surface area contributed by atoms with E-state index in [1.54, 1.807) is 18.2 Å². The van der Waals surface area contributed by atoms with Crippen LogP contribution in [-0.4, -0.2) is 69.2 Å². The van der Waals surface area contributed by atoms with E-state index in [1.165, 1.54) is 35.9 Å². The van der Waals surface area contributed by atoms with Gasteiger partial charge in [0, 0.05) is 12.5 Å². The normalized spacial score (nSPS) is 18.8. The van der Waals surface area contributed by atoms with Crippen LogP contribution in [0.15, 0.2) is 54.9 Å². The number of halogens is 3. The van der Waals surface area contributed by atoms with Gasteiger partial charge in [0.15, 0.2) is 28.7 Å². The van der Waals surface area contributed by atoms with Gasteiger partial charge in [0.1, 0.15) is 36.3 Å². The van der Waals surface area contributed by atoms with Crippen LogP contribution in [0.5, 0.6) is 5.75 Å². The lowest BCUT2D eigenvalue weighted by Gasteiger charge is -2.31. The van der Waals surface area contributed by atoms with E-state index in [-0.39, 0.29) is 53.8 Å². The van der Waals surface area contributed by atoms with E-state index in [0.717, 1.165) is 44.2 Å². The highest BCUT2D eigenvalue weighted by Gasteiger charge is 2.53. The van der Waals surface area contributed by atoms with E-state index in [4.69, 9.17) is 40.2 Å². The van der Waals surface area contributed by atoms with Crippen molar-refractivity contribution in [3.63, 3.8) is 0 Å². The Morgan fingerprint density at radius 1 is 1.00 bits per heavy atom. The Hall–Kier alpha value is -5.21. The van der Waals surface area contributed by atoms with Crippen molar-refractivity contribution >= 4 is 36.9 Å². The number of nitrogen functional groups attached to an aromatic ring is 1. The van der Waals surface area contributed by atoms with Crippen molar-refractivity contribution in [1.82, 2.24) is 24.6 Å². The first-order valence-electron chi connectivity index (χ1n) is 21.3. The van der Waals surface area contributed by atoms with Crippen LogP contribution >= 0.6 is 7.75 Å². The Bertz CT molecular complexity index is 2190. The quantitative estimate of drug-likeness (QED) is 0.0211. The molecule has 3 heterocycles. The zero-order valence-electron chi connectivity index (χ0n) is 35.8. The summed E-state index contributed by atoms with van der Waals surface area (Å²) < 4.78 is 94.7. The highest BCUT2D eigenvalue weighted by molar-refractivity contribution is 7.52. The predicted octanol–water partition coefficient (Wildman–Crippen LogP) is 9.16. The number of rotatable bonds is 25. The summed E-state index contributed by atoms with van der Waals surface area (Å²) >= 11 is 0. The summed E-state index contributed by atoms with van der Waals surface area (Å²) in [6.45, 7) is 5.30. The molecule has 1 aliphatic rings.